The number of hydrogen-bond acceptors (Lipinski definition) is 2. The summed E-state index contributed by atoms with van der Waals surface area (Å²) in [6, 6.07) is 10.0. The van der Waals surface area contributed by atoms with E-state index in [-0.39, 0.29) is 5.82 Å². The van der Waals surface area contributed by atoms with Crippen LogP contribution in [0.3, 0.4) is 0 Å². The first-order chi connectivity index (χ1) is 12.1. The van der Waals surface area contributed by atoms with Gasteiger partial charge in [0, 0.05) is 39.1 Å². The maximum absolute atomic E-state index is 13.0. The van der Waals surface area contributed by atoms with Gasteiger partial charge in [0.15, 0.2) is 5.96 Å². The lowest BCUT2D eigenvalue weighted by Gasteiger charge is -2.17. The van der Waals surface area contributed by atoms with E-state index < -0.39 is 11.8 Å². The number of hydrogen-bond donors (Lipinski definition) is 3. The molecule has 0 saturated carbocycles. The molecule has 0 aliphatic heterocycles. The summed E-state index contributed by atoms with van der Waals surface area (Å²) in [4.78, 5) is 15.8. The van der Waals surface area contributed by atoms with E-state index in [4.69, 9.17) is 5.73 Å². The number of halogens is 1. The highest BCUT2D eigenvalue weighted by Gasteiger charge is 2.16. The number of guanidine groups is 1. The minimum Gasteiger partial charge on any atom is -0.369 e. The zero-order valence-electron chi connectivity index (χ0n) is 14.3. The van der Waals surface area contributed by atoms with Gasteiger partial charge >= 0.3 is 0 Å². The van der Waals surface area contributed by atoms with Crippen LogP contribution in [-0.4, -0.2) is 36.6 Å². The van der Waals surface area contributed by atoms with Gasteiger partial charge < -0.3 is 20.9 Å². The molecule has 0 bridgehead atoms. The number of nitrogens with zero attached hydrogens (tertiary/aromatic N) is 2. The van der Waals surface area contributed by atoms with E-state index in [9.17, 15) is 9.18 Å². The average molecular weight is 345 g/mol. The predicted octanol–water partition coefficient (Wildman–Crippen LogP) is 1.14. The highest BCUT2D eigenvalue weighted by molar-refractivity contribution is 5.81. The normalized spacial score (nSPS) is 12.6. The zero-order valence-corrected chi connectivity index (χ0v) is 14.3. The molecule has 1 unspecified atom stereocenters. The summed E-state index contributed by atoms with van der Waals surface area (Å²) in [5, 5.41) is 6.31. The summed E-state index contributed by atoms with van der Waals surface area (Å²) in [7, 11) is 1.67. The summed E-state index contributed by atoms with van der Waals surface area (Å²) in [6.07, 6.45) is 4.43. The van der Waals surface area contributed by atoms with Gasteiger partial charge in [0.1, 0.15) is 5.82 Å². The van der Waals surface area contributed by atoms with Crippen molar-refractivity contribution < 1.29 is 9.18 Å². The molecule has 0 aliphatic carbocycles. The quantitative estimate of drug-likeness (QED) is 0.495. The largest absolute Gasteiger partial charge is 0.369 e. The summed E-state index contributed by atoms with van der Waals surface area (Å²) in [6.45, 7) is 1.87. The van der Waals surface area contributed by atoms with Crippen LogP contribution in [0.2, 0.25) is 0 Å². The van der Waals surface area contributed by atoms with Gasteiger partial charge in [0.05, 0.1) is 5.92 Å². The Bertz CT molecular complexity index is 682. The van der Waals surface area contributed by atoms with Gasteiger partial charge in [-0.15, -0.1) is 0 Å². The first kappa shape index (κ1) is 18.5. The second-order valence-electron chi connectivity index (χ2n) is 5.73. The summed E-state index contributed by atoms with van der Waals surface area (Å²) >= 11 is 0. The number of benzene rings is 1. The van der Waals surface area contributed by atoms with Crippen molar-refractivity contribution in [3.63, 3.8) is 0 Å². The van der Waals surface area contributed by atoms with Crippen LogP contribution in [0.5, 0.6) is 0 Å². The Morgan fingerprint density at radius 3 is 2.52 bits per heavy atom. The molecule has 4 N–H and O–H groups in total. The fourth-order valence-electron chi connectivity index (χ4n) is 2.44. The van der Waals surface area contributed by atoms with E-state index >= 15 is 0 Å². The van der Waals surface area contributed by atoms with Crippen molar-refractivity contribution in [3.8, 4) is 0 Å². The molecule has 0 saturated heterocycles. The van der Waals surface area contributed by atoms with Gasteiger partial charge in [-0.25, -0.2) is 4.39 Å². The number of aliphatic imine (C=N–C) groups is 1. The Morgan fingerprint density at radius 1 is 1.24 bits per heavy atom. The molecule has 7 heteroatoms. The number of carbonyl (C=O) groups is 1. The van der Waals surface area contributed by atoms with Gasteiger partial charge in [-0.3, -0.25) is 9.79 Å². The Hall–Kier alpha value is -2.83. The maximum Gasteiger partial charge on any atom is 0.222 e. The van der Waals surface area contributed by atoms with Crippen molar-refractivity contribution in [2.75, 3.05) is 20.1 Å². The number of amides is 1. The van der Waals surface area contributed by atoms with Gasteiger partial charge in [-0.05, 0) is 36.2 Å². The molecule has 25 heavy (non-hydrogen) atoms. The molecule has 2 aromatic rings. The monoisotopic (exact) mass is 345 g/mol. The van der Waals surface area contributed by atoms with Crippen LogP contribution in [0.1, 0.15) is 5.56 Å². The van der Waals surface area contributed by atoms with Gasteiger partial charge in [-0.1, -0.05) is 12.1 Å². The van der Waals surface area contributed by atoms with Crippen LogP contribution in [0.15, 0.2) is 53.8 Å². The molecule has 0 spiro atoms. The second kappa shape index (κ2) is 9.46. The molecule has 0 aliphatic rings. The van der Waals surface area contributed by atoms with Crippen molar-refractivity contribution in [2.45, 2.75) is 13.0 Å². The van der Waals surface area contributed by atoms with Crippen molar-refractivity contribution >= 4 is 11.9 Å². The van der Waals surface area contributed by atoms with Crippen molar-refractivity contribution in [1.82, 2.24) is 15.2 Å². The Labute approximate surface area is 146 Å². The predicted molar refractivity (Wildman–Crippen MR) is 96.6 cm³/mol. The third-order valence-electron chi connectivity index (χ3n) is 3.87. The molecule has 1 atom stereocenters. The molecule has 0 fully saturated rings. The molecule has 134 valence electrons. The second-order valence-corrected chi connectivity index (χ2v) is 5.73. The van der Waals surface area contributed by atoms with Crippen LogP contribution < -0.4 is 16.4 Å². The number of aromatic nitrogens is 1. The molecule has 0 radical (unpaired) electrons. The van der Waals surface area contributed by atoms with Crippen LogP contribution in [-0.2, 0) is 17.8 Å². The Morgan fingerprint density at radius 2 is 1.92 bits per heavy atom. The molecular formula is C18H24FN5O. The first-order valence-corrected chi connectivity index (χ1v) is 8.17. The molecule has 1 heterocycles. The summed E-state index contributed by atoms with van der Waals surface area (Å²) in [5.74, 6) is -0.504. The van der Waals surface area contributed by atoms with E-state index in [1.54, 1.807) is 19.2 Å². The SMILES string of the molecule is CN=C(NCCn1cccc1)NCC(Cc1ccc(F)cc1)C(N)=O. The molecule has 1 aromatic heterocycles. The van der Waals surface area contributed by atoms with Gasteiger partial charge in [0.2, 0.25) is 5.91 Å². The summed E-state index contributed by atoms with van der Waals surface area (Å²) < 4.78 is 15.0. The third-order valence-corrected chi connectivity index (χ3v) is 3.87. The molecule has 1 amide bonds. The first-order valence-electron chi connectivity index (χ1n) is 8.17. The van der Waals surface area contributed by atoms with Crippen molar-refractivity contribution in [2.24, 2.45) is 16.6 Å². The van der Waals surface area contributed by atoms with Crippen LogP contribution in [0.25, 0.3) is 0 Å². The average Bonchev–Trinajstić information content (AvgIpc) is 3.11. The fourth-order valence-corrected chi connectivity index (χ4v) is 2.44. The van der Waals surface area contributed by atoms with Crippen LogP contribution in [0.4, 0.5) is 4.39 Å². The topological polar surface area (TPSA) is 84.4 Å². The smallest absolute Gasteiger partial charge is 0.222 e. The fraction of sp³-hybridized carbons (Fsp3) is 0.333. The summed E-state index contributed by atoms with van der Waals surface area (Å²) in [5.41, 5.74) is 6.35. The standard InChI is InChI=1S/C18H24FN5O/c1-21-18(22-8-11-24-9-2-3-10-24)23-13-15(17(20)25)12-14-4-6-16(19)7-5-14/h2-7,9-10,15H,8,11-13H2,1H3,(H2,20,25)(H2,21,22,23). The Kier molecular flexibility index (Phi) is 7.00. The Balaban J connectivity index is 1.81. The lowest BCUT2D eigenvalue weighted by atomic mass is 9.98. The molecule has 6 nitrogen and oxygen atoms in total. The number of primary amides is 1. The highest BCUT2D eigenvalue weighted by atomic mass is 19.1. The van der Waals surface area contributed by atoms with E-state index in [0.717, 1.165) is 12.1 Å². The van der Waals surface area contributed by atoms with E-state index in [2.05, 4.69) is 20.2 Å². The number of rotatable bonds is 8. The van der Waals surface area contributed by atoms with Gasteiger partial charge in [0.25, 0.3) is 0 Å². The molecular weight excluding hydrogens is 321 g/mol. The van der Waals surface area contributed by atoms with Gasteiger partial charge in [-0.2, -0.15) is 0 Å². The van der Waals surface area contributed by atoms with Crippen LogP contribution in [0, 0.1) is 11.7 Å². The molecule has 2 rings (SSSR count). The maximum atomic E-state index is 13.0. The van der Waals surface area contributed by atoms with E-state index in [0.29, 0.717) is 25.5 Å². The van der Waals surface area contributed by atoms with Crippen molar-refractivity contribution in [3.05, 3.63) is 60.2 Å². The lowest BCUT2D eigenvalue weighted by molar-refractivity contribution is -0.121. The van der Waals surface area contributed by atoms with Crippen LogP contribution >= 0.6 is 0 Å². The lowest BCUT2D eigenvalue weighted by Crippen LogP contribution is -2.43. The molecule has 1 aromatic carbocycles. The third kappa shape index (κ3) is 6.29. The number of nitrogens with one attached hydrogen (secondary N) is 2. The highest BCUT2D eigenvalue weighted by Crippen LogP contribution is 2.09. The number of nitrogens with two attached hydrogens (primary N) is 1. The van der Waals surface area contributed by atoms with E-state index in [1.165, 1.54) is 12.1 Å². The minimum atomic E-state index is -0.409. The van der Waals surface area contributed by atoms with E-state index in [1.807, 2.05) is 24.5 Å². The zero-order chi connectivity index (χ0) is 18.1. The minimum absolute atomic E-state index is 0.301. The number of carbonyl (C=O) groups excluding carboxylic acids is 1. The van der Waals surface area contributed by atoms with Crippen molar-refractivity contribution in [1.29, 1.82) is 0 Å².